The molecule has 1 unspecified atom stereocenters. The van der Waals surface area contributed by atoms with E-state index in [4.69, 9.17) is 10.5 Å². The van der Waals surface area contributed by atoms with Gasteiger partial charge in [-0.3, -0.25) is 4.79 Å². The average molecular weight is 276 g/mol. The predicted octanol–water partition coefficient (Wildman–Crippen LogP) is 2.25. The molecule has 2 N–H and O–H groups in total. The number of ether oxygens (including phenoxy) is 1. The minimum Gasteiger partial charge on any atom is -0.365 e. The first-order valence-electron chi connectivity index (χ1n) is 7.30. The van der Waals surface area contributed by atoms with E-state index >= 15 is 0 Å². The SMILES string of the molecule is Cc1ccccc1N(CCCN)C(=O)C1(C)CCCO1. The van der Waals surface area contributed by atoms with E-state index in [1.165, 1.54) is 0 Å². The summed E-state index contributed by atoms with van der Waals surface area (Å²) in [5.41, 5.74) is 6.98. The largest absolute Gasteiger partial charge is 0.365 e. The molecule has 4 nitrogen and oxygen atoms in total. The number of nitrogens with zero attached hydrogens (tertiary/aromatic N) is 1. The summed E-state index contributed by atoms with van der Waals surface area (Å²) in [4.78, 5) is 14.7. The molecule has 1 heterocycles. The summed E-state index contributed by atoms with van der Waals surface area (Å²) in [6.45, 7) is 5.80. The summed E-state index contributed by atoms with van der Waals surface area (Å²) in [7, 11) is 0. The van der Waals surface area contributed by atoms with Crippen LogP contribution >= 0.6 is 0 Å². The van der Waals surface area contributed by atoms with Gasteiger partial charge in [0.15, 0.2) is 0 Å². The molecule has 1 atom stereocenters. The number of benzene rings is 1. The van der Waals surface area contributed by atoms with Gasteiger partial charge in [-0.15, -0.1) is 0 Å². The maximum atomic E-state index is 12.9. The monoisotopic (exact) mass is 276 g/mol. The van der Waals surface area contributed by atoms with Crippen LogP contribution in [0.1, 0.15) is 31.7 Å². The highest BCUT2D eigenvalue weighted by Crippen LogP contribution is 2.30. The summed E-state index contributed by atoms with van der Waals surface area (Å²) in [5.74, 6) is 0.0535. The molecule has 0 aromatic heterocycles. The molecular formula is C16H24N2O2. The van der Waals surface area contributed by atoms with E-state index in [0.29, 0.717) is 19.7 Å². The van der Waals surface area contributed by atoms with Crippen molar-refractivity contribution < 1.29 is 9.53 Å². The Morgan fingerprint density at radius 2 is 2.20 bits per heavy atom. The third kappa shape index (κ3) is 3.02. The molecule has 4 heteroatoms. The van der Waals surface area contributed by atoms with Crippen molar-refractivity contribution in [2.24, 2.45) is 5.73 Å². The smallest absolute Gasteiger partial charge is 0.258 e. The number of anilines is 1. The van der Waals surface area contributed by atoms with Gasteiger partial charge in [0.2, 0.25) is 0 Å². The Morgan fingerprint density at radius 3 is 2.80 bits per heavy atom. The second-order valence-corrected chi connectivity index (χ2v) is 5.57. The van der Waals surface area contributed by atoms with Gasteiger partial charge in [-0.25, -0.2) is 0 Å². The molecule has 0 spiro atoms. The molecule has 1 aliphatic heterocycles. The highest BCUT2D eigenvalue weighted by molar-refractivity contribution is 6.00. The molecule has 1 aromatic rings. The molecule has 1 fully saturated rings. The molecule has 1 aliphatic rings. The normalized spacial score (nSPS) is 21.9. The minimum absolute atomic E-state index is 0.0535. The van der Waals surface area contributed by atoms with Gasteiger partial charge in [0.1, 0.15) is 5.60 Å². The highest BCUT2D eigenvalue weighted by atomic mass is 16.5. The van der Waals surface area contributed by atoms with Crippen molar-refractivity contribution >= 4 is 11.6 Å². The van der Waals surface area contributed by atoms with Crippen molar-refractivity contribution in [1.29, 1.82) is 0 Å². The zero-order valence-corrected chi connectivity index (χ0v) is 12.4. The Morgan fingerprint density at radius 1 is 1.45 bits per heavy atom. The zero-order chi connectivity index (χ0) is 14.6. The van der Waals surface area contributed by atoms with E-state index in [-0.39, 0.29) is 5.91 Å². The van der Waals surface area contributed by atoms with E-state index in [1.807, 2.05) is 43.0 Å². The average Bonchev–Trinajstić information content (AvgIpc) is 2.89. The second-order valence-electron chi connectivity index (χ2n) is 5.57. The molecule has 1 amide bonds. The predicted molar refractivity (Wildman–Crippen MR) is 80.8 cm³/mol. The van der Waals surface area contributed by atoms with Crippen molar-refractivity contribution in [3.8, 4) is 0 Å². The first-order valence-corrected chi connectivity index (χ1v) is 7.30. The van der Waals surface area contributed by atoms with E-state index in [1.54, 1.807) is 0 Å². The van der Waals surface area contributed by atoms with E-state index in [2.05, 4.69) is 0 Å². The number of hydrogen-bond donors (Lipinski definition) is 1. The van der Waals surface area contributed by atoms with Crippen LogP contribution < -0.4 is 10.6 Å². The number of carbonyl (C=O) groups excluding carboxylic acids is 1. The van der Waals surface area contributed by atoms with E-state index in [9.17, 15) is 4.79 Å². The Labute approximate surface area is 120 Å². The molecule has 0 saturated carbocycles. The Kier molecular flexibility index (Phi) is 4.78. The lowest BCUT2D eigenvalue weighted by Gasteiger charge is -2.32. The van der Waals surface area contributed by atoms with Crippen LogP contribution in [0.4, 0.5) is 5.69 Å². The standard InChI is InChI=1S/C16H24N2O2/c1-13-7-3-4-8-14(13)18(11-6-10-17)15(19)16(2)9-5-12-20-16/h3-4,7-8H,5-6,9-12,17H2,1-2H3. The molecule has 1 saturated heterocycles. The number of hydrogen-bond acceptors (Lipinski definition) is 3. The first-order chi connectivity index (χ1) is 9.58. The lowest BCUT2D eigenvalue weighted by Crippen LogP contribution is -2.48. The number of amides is 1. The van der Waals surface area contributed by atoms with Crippen LogP contribution in [0.25, 0.3) is 0 Å². The molecular weight excluding hydrogens is 252 g/mol. The van der Waals surface area contributed by atoms with Crippen LogP contribution in [-0.2, 0) is 9.53 Å². The maximum absolute atomic E-state index is 12.9. The molecule has 20 heavy (non-hydrogen) atoms. The number of aryl methyl sites for hydroxylation is 1. The fourth-order valence-corrected chi connectivity index (χ4v) is 2.68. The fraction of sp³-hybridized carbons (Fsp3) is 0.562. The number of carbonyl (C=O) groups is 1. The van der Waals surface area contributed by atoms with Crippen molar-refractivity contribution in [3.05, 3.63) is 29.8 Å². The van der Waals surface area contributed by atoms with Crippen LogP contribution in [0.15, 0.2) is 24.3 Å². The van der Waals surface area contributed by atoms with Gasteiger partial charge in [0.05, 0.1) is 0 Å². The summed E-state index contributed by atoms with van der Waals surface area (Å²) < 4.78 is 5.70. The van der Waals surface area contributed by atoms with Crippen LogP contribution in [0.5, 0.6) is 0 Å². The Balaban J connectivity index is 2.28. The quantitative estimate of drug-likeness (QED) is 0.897. The van der Waals surface area contributed by atoms with Gasteiger partial charge in [0, 0.05) is 18.8 Å². The van der Waals surface area contributed by atoms with Gasteiger partial charge >= 0.3 is 0 Å². The molecule has 0 bridgehead atoms. The van der Waals surface area contributed by atoms with Crippen LogP contribution in [0.3, 0.4) is 0 Å². The first kappa shape index (κ1) is 15.0. The van der Waals surface area contributed by atoms with Gasteiger partial charge < -0.3 is 15.4 Å². The zero-order valence-electron chi connectivity index (χ0n) is 12.4. The van der Waals surface area contributed by atoms with Crippen LogP contribution in [0, 0.1) is 6.92 Å². The minimum atomic E-state index is -0.684. The molecule has 0 aliphatic carbocycles. The van der Waals surface area contributed by atoms with Gasteiger partial charge in [-0.2, -0.15) is 0 Å². The van der Waals surface area contributed by atoms with Gasteiger partial charge in [-0.1, -0.05) is 18.2 Å². The lowest BCUT2D eigenvalue weighted by atomic mass is 10.00. The third-order valence-electron chi connectivity index (χ3n) is 3.91. The van der Waals surface area contributed by atoms with Crippen LogP contribution in [-0.4, -0.2) is 31.2 Å². The Bertz CT molecular complexity index is 467. The van der Waals surface area contributed by atoms with Gasteiger partial charge in [0.25, 0.3) is 5.91 Å². The summed E-state index contributed by atoms with van der Waals surface area (Å²) in [6.07, 6.45) is 2.52. The number of nitrogens with two attached hydrogens (primary N) is 1. The number of para-hydroxylation sites is 1. The summed E-state index contributed by atoms with van der Waals surface area (Å²) in [5, 5.41) is 0. The molecule has 110 valence electrons. The third-order valence-corrected chi connectivity index (χ3v) is 3.91. The van der Waals surface area contributed by atoms with Crippen molar-refractivity contribution in [2.45, 2.75) is 38.7 Å². The van der Waals surface area contributed by atoms with E-state index < -0.39 is 5.60 Å². The maximum Gasteiger partial charge on any atom is 0.258 e. The van der Waals surface area contributed by atoms with E-state index in [0.717, 1.165) is 30.5 Å². The second kappa shape index (κ2) is 6.37. The molecule has 0 radical (unpaired) electrons. The summed E-state index contributed by atoms with van der Waals surface area (Å²) >= 11 is 0. The van der Waals surface area contributed by atoms with Crippen molar-refractivity contribution in [3.63, 3.8) is 0 Å². The van der Waals surface area contributed by atoms with Crippen molar-refractivity contribution in [2.75, 3.05) is 24.6 Å². The fourth-order valence-electron chi connectivity index (χ4n) is 2.68. The van der Waals surface area contributed by atoms with Gasteiger partial charge in [-0.05, 0) is 51.3 Å². The van der Waals surface area contributed by atoms with Crippen LogP contribution in [0.2, 0.25) is 0 Å². The molecule has 1 aromatic carbocycles. The number of rotatable bonds is 5. The highest BCUT2D eigenvalue weighted by Gasteiger charge is 2.41. The lowest BCUT2D eigenvalue weighted by molar-refractivity contribution is -0.136. The molecule has 2 rings (SSSR count). The topological polar surface area (TPSA) is 55.6 Å². The summed E-state index contributed by atoms with van der Waals surface area (Å²) in [6, 6.07) is 7.96. The van der Waals surface area contributed by atoms with Crippen molar-refractivity contribution in [1.82, 2.24) is 0 Å². The Hall–Kier alpha value is -1.39.